The van der Waals surface area contributed by atoms with Crippen LogP contribution in [0.25, 0.3) is 0 Å². The van der Waals surface area contributed by atoms with E-state index in [2.05, 4.69) is 0 Å². The molecule has 0 saturated carbocycles. The van der Waals surface area contributed by atoms with Crippen LogP contribution in [0.4, 0.5) is 14.5 Å². The molecule has 5 nitrogen and oxygen atoms in total. The minimum Gasteiger partial charge on any atom is -0.390 e. The Labute approximate surface area is 124 Å². The molecule has 2 N–H and O–H groups in total. The van der Waals surface area contributed by atoms with Crippen molar-refractivity contribution in [3.05, 3.63) is 46.7 Å². The summed E-state index contributed by atoms with van der Waals surface area (Å²) in [7, 11) is -2.56. The van der Waals surface area contributed by atoms with Crippen LogP contribution in [-0.4, -0.2) is 18.1 Å². The van der Waals surface area contributed by atoms with Gasteiger partial charge in [0, 0.05) is 25.0 Å². The molecule has 0 bridgehead atoms. The molecule has 0 fully saturated rings. The van der Waals surface area contributed by atoms with Gasteiger partial charge in [0.1, 0.15) is 16.4 Å². The Morgan fingerprint density at radius 1 is 1.33 bits per heavy atom. The number of benzene rings is 1. The van der Waals surface area contributed by atoms with Crippen molar-refractivity contribution in [2.45, 2.75) is 11.5 Å². The van der Waals surface area contributed by atoms with Crippen molar-refractivity contribution in [2.24, 2.45) is 7.05 Å². The molecule has 2 aromatic rings. The number of hydrogen-bond donors (Lipinski definition) is 2. The molecule has 0 atom stereocenters. The summed E-state index contributed by atoms with van der Waals surface area (Å²) in [5.41, 5.74) is -0.173. The van der Waals surface area contributed by atoms with Crippen molar-refractivity contribution in [2.75, 3.05) is 4.72 Å². The van der Waals surface area contributed by atoms with Crippen molar-refractivity contribution in [3.8, 4) is 0 Å². The number of aliphatic hydroxyl groups is 1. The fourth-order valence-electron chi connectivity index (χ4n) is 1.71. The van der Waals surface area contributed by atoms with Crippen LogP contribution in [0.1, 0.15) is 5.69 Å². The third-order valence-corrected chi connectivity index (χ3v) is 4.41. The molecular weight excluding hydrogens is 326 g/mol. The molecule has 0 amide bonds. The average molecular weight is 337 g/mol. The van der Waals surface area contributed by atoms with Crippen LogP contribution in [0.2, 0.25) is 5.02 Å². The zero-order valence-electron chi connectivity index (χ0n) is 10.8. The van der Waals surface area contributed by atoms with Gasteiger partial charge >= 0.3 is 0 Å². The Balaban J connectivity index is 2.42. The lowest BCUT2D eigenvalue weighted by Gasteiger charge is -2.09. The predicted octanol–water partition coefficient (Wildman–Crippen LogP) is 2.25. The molecule has 0 spiro atoms. The first-order valence-corrected chi connectivity index (χ1v) is 7.54. The smallest absolute Gasteiger partial charge is 0.263 e. The number of rotatable bonds is 4. The average Bonchev–Trinajstić information content (AvgIpc) is 2.76. The predicted molar refractivity (Wildman–Crippen MR) is 73.5 cm³/mol. The molecular formula is C12H11ClF2N2O3S. The fourth-order valence-corrected chi connectivity index (χ4v) is 3.19. The summed E-state index contributed by atoms with van der Waals surface area (Å²) in [5.74, 6) is -2.04. The molecule has 0 aliphatic rings. The van der Waals surface area contributed by atoms with E-state index in [1.54, 1.807) is 7.05 Å². The van der Waals surface area contributed by atoms with E-state index in [0.29, 0.717) is 11.8 Å². The number of sulfonamides is 1. The lowest BCUT2D eigenvalue weighted by atomic mass is 10.3. The van der Waals surface area contributed by atoms with Crippen LogP contribution < -0.4 is 4.72 Å². The van der Waals surface area contributed by atoms with E-state index in [4.69, 9.17) is 16.7 Å². The summed E-state index contributed by atoms with van der Waals surface area (Å²) in [6.45, 7) is -0.350. The third-order valence-electron chi connectivity index (χ3n) is 2.80. The number of aliphatic hydroxyl groups excluding tert-OH is 1. The van der Waals surface area contributed by atoms with E-state index in [1.165, 1.54) is 16.8 Å². The number of halogens is 3. The van der Waals surface area contributed by atoms with Gasteiger partial charge in [0.05, 0.1) is 11.6 Å². The molecule has 0 radical (unpaired) electrons. The van der Waals surface area contributed by atoms with Gasteiger partial charge in [-0.2, -0.15) is 0 Å². The zero-order valence-corrected chi connectivity index (χ0v) is 12.3. The second kappa shape index (κ2) is 5.63. The van der Waals surface area contributed by atoms with E-state index in [-0.39, 0.29) is 11.5 Å². The molecule has 9 heteroatoms. The van der Waals surface area contributed by atoms with Crippen LogP contribution >= 0.6 is 11.6 Å². The van der Waals surface area contributed by atoms with Gasteiger partial charge in [-0.3, -0.25) is 4.72 Å². The Bertz CT molecular complexity index is 767. The highest BCUT2D eigenvalue weighted by Crippen LogP contribution is 2.29. The van der Waals surface area contributed by atoms with Crippen LogP contribution in [0.5, 0.6) is 0 Å². The quantitative estimate of drug-likeness (QED) is 0.899. The highest BCUT2D eigenvalue weighted by Gasteiger charge is 2.21. The first-order chi connectivity index (χ1) is 9.74. The van der Waals surface area contributed by atoms with E-state index in [9.17, 15) is 17.2 Å². The fraction of sp³-hybridized carbons (Fsp3) is 0.167. The Morgan fingerprint density at radius 3 is 2.52 bits per heavy atom. The molecule has 1 aromatic carbocycles. The first kappa shape index (κ1) is 15.7. The lowest BCUT2D eigenvalue weighted by Crippen LogP contribution is -2.14. The largest absolute Gasteiger partial charge is 0.390 e. The Hall–Kier alpha value is -1.64. The van der Waals surface area contributed by atoms with Crippen LogP contribution in [0.15, 0.2) is 29.3 Å². The summed E-state index contributed by atoms with van der Waals surface area (Å²) < 4.78 is 54.2. The maximum absolute atomic E-state index is 13.6. The van der Waals surface area contributed by atoms with Crippen LogP contribution in [0.3, 0.4) is 0 Å². The van der Waals surface area contributed by atoms with E-state index >= 15 is 0 Å². The van der Waals surface area contributed by atoms with Gasteiger partial charge in [-0.25, -0.2) is 17.2 Å². The number of nitrogens with one attached hydrogen (secondary N) is 1. The minimum atomic E-state index is -4.11. The van der Waals surface area contributed by atoms with Gasteiger partial charge in [0.25, 0.3) is 10.0 Å². The summed E-state index contributed by atoms with van der Waals surface area (Å²) in [4.78, 5) is -0.172. The molecule has 21 heavy (non-hydrogen) atoms. The number of nitrogens with zero attached hydrogens (tertiary/aromatic N) is 1. The molecule has 2 rings (SSSR count). The lowest BCUT2D eigenvalue weighted by molar-refractivity contribution is 0.272. The number of hydrogen-bond acceptors (Lipinski definition) is 3. The summed E-state index contributed by atoms with van der Waals surface area (Å²) in [6, 6.07) is 2.55. The molecule has 1 aromatic heterocycles. The molecule has 1 heterocycles. The molecule has 0 aliphatic carbocycles. The van der Waals surface area contributed by atoms with E-state index in [1.807, 2.05) is 4.72 Å². The van der Waals surface area contributed by atoms with Gasteiger partial charge in [-0.05, 0) is 12.1 Å². The van der Waals surface area contributed by atoms with Crippen LogP contribution in [-0.2, 0) is 23.7 Å². The standard InChI is InChI=1S/C12H11ClF2N2O3S/c1-17-5-9(4-8(17)6-18)21(19,20)16-12-10(13)2-7(14)3-11(12)15/h2-5,16,18H,6H2,1H3. The van der Waals surface area contributed by atoms with Gasteiger partial charge in [-0.15, -0.1) is 0 Å². The van der Waals surface area contributed by atoms with Crippen molar-refractivity contribution in [3.63, 3.8) is 0 Å². The van der Waals surface area contributed by atoms with E-state index < -0.39 is 32.4 Å². The number of aryl methyl sites for hydroxylation is 1. The summed E-state index contributed by atoms with van der Waals surface area (Å²) in [6.07, 6.45) is 1.25. The Kier molecular flexibility index (Phi) is 4.22. The molecule has 114 valence electrons. The van der Waals surface area contributed by atoms with Crippen molar-refractivity contribution < 1.29 is 22.3 Å². The normalized spacial score (nSPS) is 11.7. The molecule has 0 unspecified atom stereocenters. The highest BCUT2D eigenvalue weighted by atomic mass is 35.5. The van der Waals surface area contributed by atoms with Gasteiger partial charge in [0.15, 0.2) is 5.82 Å². The summed E-state index contributed by atoms with van der Waals surface area (Å²) >= 11 is 5.64. The maximum Gasteiger partial charge on any atom is 0.263 e. The first-order valence-electron chi connectivity index (χ1n) is 5.68. The van der Waals surface area contributed by atoms with Gasteiger partial charge in [0.2, 0.25) is 0 Å². The Morgan fingerprint density at radius 2 is 2.00 bits per heavy atom. The molecule has 0 saturated heterocycles. The van der Waals surface area contributed by atoms with Gasteiger partial charge in [-0.1, -0.05) is 11.6 Å². The topological polar surface area (TPSA) is 71.3 Å². The van der Waals surface area contributed by atoms with Crippen LogP contribution in [0, 0.1) is 11.6 Å². The maximum atomic E-state index is 13.6. The summed E-state index contributed by atoms with van der Waals surface area (Å²) in [5, 5.41) is 8.65. The third kappa shape index (κ3) is 3.17. The van der Waals surface area contributed by atoms with E-state index in [0.717, 1.165) is 6.07 Å². The van der Waals surface area contributed by atoms with Crippen molar-refractivity contribution in [1.29, 1.82) is 0 Å². The second-order valence-corrected chi connectivity index (χ2v) is 6.38. The minimum absolute atomic E-state index is 0.172. The van der Waals surface area contributed by atoms with Crippen molar-refractivity contribution in [1.82, 2.24) is 4.57 Å². The zero-order chi connectivity index (χ0) is 15.8. The monoisotopic (exact) mass is 336 g/mol. The SMILES string of the molecule is Cn1cc(S(=O)(=O)Nc2c(F)cc(F)cc2Cl)cc1CO. The van der Waals surface area contributed by atoms with Gasteiger partial charge < -0.3 is 9.67 Å². The molecule has 0 aliphatic heterocycles. The number of aromatic nitrogens is 1. The highest BCUT2D eigenvalue weighted by molar-refractivity contribution is 7.92. The second-order valence-electron chi connectivity index (χ2n) is 4.29. The number of anilines is 1. The van der Waals surface area contributed by atoms with Crippen molar-refractivity contribution >= 4 is 27.3 Å².